The molecule has 0 radical (unpaired) electrons. The van der Waals surface area contributed by atoms with Crippen LogP contribution in [0.4, 0.5) is 0 Å². The van der Waals surface area contributed by atoms with Gasteiger partial charge < -0.3 is 2.85 Å². The van der Waals surface area contributed by atoms with Gasteiger partial charge in [-0.05, 0) is 0 Å². The molecule has 0 spiro atoms. The molecular weight excluding hydrogens is 82.0 g/mol. The molecule has 0 aliphatic heterocycles. The Labute approximate surface area is 61.6 Å². The van der Waals surface area contributed by atoms with Crippen molar-refractivity contribution < 1.29 is 21.7 Å². The minimum absolute atomic E-state index is 0. The molecular formula is C4H12AlLi. The topological polar surface area (TPSA) is 0 Å². The second kappa shape index (κ2) is 9.46. The van der Waals surface area contributed by atoms with Gasteiger partial charge in [0.05, 0.1) is 0 Å². The summed E-state index contributed by atoms with van der Waals surface area (Å²) >= 11 is 0.815. The third-order valence-electron chi connectivity index (χ3n) is 0.577. The quantitative estimate of drug-likeness (QED) is 0.377. The molecule has 0 saturated heterocycles. The van der Waals surface area contributed by atoms with Crippen LogP contribution >= 0.6 is 0 Å². The average Bonchev–Trinajstić information content (AvgIpc) is 1.41. The SMILES string of the molecule is C[CH2][Al+][CH2]C.[H-].[H-].[Li+]. The first-order valence-electron chi connectivity index (χ1n) is 2.23. The Morgan fingerprint density at radius 1 is 1.33 bits per heavy atom. The van der Waals surface area contributed by atoms with Gasteiger partial charge in [0, 0.05) is 0 Å². The molecule has 0 aliphatic rings. The summed E-state index contributed by atoms with van der Waals surface area (Å²) in [6.07, 6.45) is 0. The molecule has 0 rings (SSSR count). The van der Waals surface area contributed by atoms with E-state index in [-0.39, 0.29) is 21.7 Å². The average molecular weight is 94.1 g/mol. The van der Waals surface area contributed by atoms with E-state index in [0.717, 1.165) is 15.2 Å². The molecule has 0 unspecified atom stereocenters. The Bertz CT molecular complexity index is 21.5. The van der Waals surface area contributed by atoms with E-state index < -0.39 is 0 Å². The summed E-state index contributed by atoms with van der Waals surface area (Å²) in [7, 11) is 0. The normalized spacial score (nSPS) is 5.67. The van der Waals surface area contributed by atoms with Crippen LogP contribution in [0.1, 0.15) is 16.7 Å². The van der Waals surface area contributed by atoms with Gasteiger partial charge in [-0.1, -0.05) is 0 Å². The maximum Gasteiger partial charge on any atom is 1.00 e. The molecule has 2 heteroatoms. The van der Waals surface area contributed by atoms with Crippen molar-refractivity contribution in [3.05, 3.63) is 0 Å². The Kier molecular flexibility index (Phi) is 16.0. The maximum absolute atomic E-state index is 2.25. The summed E-state index contributed by atoms with van der Waals surface area (Å²) in [6, 6.07) is 0. The van der Waals surface area contributed by atoms with Crippen molar-refractivity contribution in [2.75, 3.05) is 0 Å². The molecule has 0 amide bonds. The molecule has 0 saturated carbocycles. The van der Waals surface area contributed by atoms with Crippen molar-refractivity contribution >= 4 is 15.2 Å². The first kappa shape index (κ1) is 10.2. The summed E-state index contributed by atoms with van der Waals surface area (Å²) in [5, 5.41) is 2.85. The zero-order valence-electron chi connectivity index (χ0n) is 6.99. The largest absolute Gasteiger partial charge is 1.00 e. The van der Waals surface area contributed by atoms with Crippen molar-refractivity contribution in [1.82, 2.24) is 0 Å². The van der Waals surface area contributed by atoms with Gasteiger partial charge in [-0.25, -0.2) is 0 Å². The van der Waals surface area contributed by atoms with Gasteiger partial charge in [0.25, 0.3) is 0 Å². The molecule has 0 aromatic heterocycles. The molecule has 0 fully saturated rings. The van der Waals surface area contributed by atoms with Gasteiger partial charge in [-0.3, -0.25) is 0 Å². The van der Waals surface area contributed by atoms with E-state index >= 15 is 0 Å². The van der Waals surface area contributed by atoms with Crippen LogP contribution in [0, 0.1) is 0 Å². The van der Waals surface area contributed by atoms with Crippen molar-refractivity contribution in [2.45, 2.75) is 24.4 Å². The van der Waals surface area contributed by atoms with Crippen molar-refractivity contribution in [3.8, 4) is 0 Å². The van der Waals surface area contributed by atoms with E-state index in [1.807, 2.05) is 0 Å². The van der Waals surface area contributed by atoms with Gasteiger partial charge in [-0.15, -0.1) is 0 Å². The van der Waals surface area contributed by atoms with Gasteiger partial charge in [0.15, 0.2) is 0 Å². The Balaban J connectivity index is -0.0000000267. The fraction of sp³-hybridized carbons (Fsp3) is 1.00. The van der Waals surface area contributed by atoms with Crippen molar-refractivity contribution in [2.24, 2.45) is 0 Å². The molecule has 0 atom stereocenters. The zero-order chi connectivity index (χ0) is 4.12. The summed E-state index contributed by atoms with van der Waals surface area (Å²) in [5.74, 6) is 0. The van der Waals surface area contributed by atoms with Crippen LogP contribution in [0.2, 0.25) is 10.6 Å². The van der Waals surface area contributed by atoms with Gasteiger partial charge >= 0.3 is 58.5 Å². The first-order valence-corrected chi connectivity index (χ1v) is 3.86. The molecule has 0 nitrogen and oxygen atoms in total. The number of rotatable bonds is 2. The van der Waals surface area contributed by atoms with E-state index in [4.69, 9.17) is 0 Å². The van der Waals surface area contributed by atoms with Crippen LogP contribution in [-0.4, -0.2) is 15.2 Å². The first-order chi connectivity index (χ1) is 2.41. The Hall–Kier alpha value is 1.13. The van der Waals surface area contributed by atoms with Crippen molar-refractivity contribution in [3.63, 3.8) is 0 Å². The second-order valence-electron chi connectivity index (χ2n) is 1.11. The molecule has 32 valence electrons. The summed E-state index contributed by atoms with van der Waals surface area (Å²) in [4.78, 5) is 0. The van der Waals surface area contributed by atoms with Crippen LogP contribution < -0.4 is 18.9 Å². The molecule has 0 aromatic rings. The smallest absolute Gasteiger partial charge is 1.00 e. The molecule has 6 heavy (non-hydrogen) atoms. The summed E-state index contributed by atoms with van der Waals surface area (Å²) in [5.41, 5.74) is 0. The maximum atomic E-state index is 2.25. The van der Waals surface area contributed by atoms with E-state index in [1.165, 1.54) is 10.6 Å². The number of hydrogen-bond donors (Lipinski definition) is 0. The molecule has 0 aliphatic carbocycles. The van der Waals surface area contributed by atoms with Crippen LogP contribution in [0.5, 0.6) is 0 Å². The predicted octanol–water partition coefficient (Wildman–Crippen LogP) is -1.20. The Morgan fingerprint density at radius 3 is 1.67 bits per heavy atom. The third kappa shape index (κ3) is 8.93. The third-order valence-corrected chi connectivity index (χ3v) is 1.73. The van der Waals surface area contributed by atoms with E-state index in [9.17, 15) is 0 Å². The van der Waals surface area contributed by atoms with Crippen LogP contribution in [-0.2, 0) is 0 Å². The van der Waals surface area contributed by atoms with Crippen LogP contribution in [0.3, 0.4) is 0 Å². The molecule has 0 aromatic carbocycles. The fourth-order valence-electron chi connectivity index (χ4n) is 0.289. The predicted molar refractivity (Wildman–Crippen MR) is 28.9 cm³/mol. The van der Waals surface area contributed by atoms with E-state index in [2.05, 4.69) is 13.8 Å². The van der Waals surface area contributed by atoms with Gasteiger partial charge in [0.1, 0.15) is 0 Å². The number of hydrogen-bond acceptors (Lipinski definition) is 0. The minimum atomic E-state index is 0. The Morgan fingerprint density at radius 2 is 1.67 bits per heavy atom. The fourth-order valence-corrected chi connectivity index (χ4v) is 0.866. The summed E-state index contributed by atoms with van der Waals surface area (Å²) < 4.78 is 0. The van der Waals surface area contributed by atoms with E-state index in [0.29, 0.717) is 0 Å². The monoisotopic (exact) mass is 94.1 g/mol. The van der Waals surface area contributed by atoms with Gasteiger partial charge in [-0.2, -0.15) is 0 Å². The van der Waals surface area contributed by atoms with E-state index in [1.54, 1.807) is 0 Å². The molecule has 0 N–H and O–H groups in total. The summed E-state index contributed by atoms with van der Waals surface area (Å²) in [6.45, 7) is 4.50. The molecule has 0 heterocycles. The second-order valence-corrected chi connectivity index (χ2v) is 3.32. The molecule has 0 bridgehead atoms. The zero-order valence-corrected chi connectivity index (χ0v) is 6.15. The van der Waals surface area contributed by atoms with Crippen LogP contribution in [0.15, 0.2) is 0 Å². The van der Waals surface area contributed by atoms with Crippen molar-refractivity contribution in [1.29, 1.82) is 0 Å². The van der Waals surface area contributed by atoms with Crippen LogP contribution in [0.25, 0.3) is 0 Å². The minimum Gasteiger partial charge on any atom is -1.00 e. The van der Waals surface area contributed by atoms with Gasteiger partial charge in [0.2, 0.25) is 0 Å². The standard InChI is InChI=1S/2C2H5.Al.Li.2H/c2*1-2;;;;/h2*1H2,2H3;;;;/q;;2*+1;2*-1.